The molecule has 0 bridgehead atoms. The van der Waals surface area contributed by atoms with Crippen molar-refractivity contribution in [3.05, 3.63) is 29.8 Å². The molecular formula is C11H13NO3. The number of benzene rings is 1. The summed E-state index contributed by atoms with van der Waals surface area (Å²) in [5, 5.41) is 9.69. The van der Waals surface area contributed by atoms with Crippen molar-refractivity contribution in [2.24, 2.45) is 0 Å². The highest BCUT2D eigenvalue weighted by atomic mass is 16.6. The summed E-state index contributed by atoms with van der Waals surface area (Å²) in [4.78, 5) is 12.8. The molecule has 0 radical (unpaired) electrons. The van der Waals surface area contributed by atoms with Gasteiger partial charge < -0.3 is 14.7 Å². The number of rotatable bonds is 1. The Bertz CT molecular complexity index is 378. The minimum absolute atomic E-state index is 0.0903. The van der Waals surface area contributed by atoms with Crippen LogP contribution in [0, 0.1) is 0 Å². The first kappa shape index (κ1) is 9.83. The van der Waals surface area contributed by atoms with Gasteiger partial charge in [-0.25, -0.2) is 4.79 Å². The zero-order valence-corrected chi connectivity index (χ0v) is 8.51. The van der Waals surface area contributed by atoms with Crippen LogP contribution in [0.25, 0.3) is 0 Å². The van der Waals surface area contributed by atoms with Gasteiger partial charge in [0.2, 0.25) is 0 Å². The van der Waals surface area contributed by atoms with E-state index < -0.39 is 0 Å². The van der Waals surface area contributed by atoms with E-state index in [0.717, 1.165) is 5.56 Å². The summed E-state index contributed by atoms with van der Waals surface area (Å²) in [6, 6.07) is 6.98. The minimum Gasteiger partial charge on any atom is -0.508 e. The predicted molar refractivity (Wildman–Crippen MR) is 54.6 cm³/mol. The lowest BCUT2D eigenvalue weighted by atomic mass is 10.0. The topological polar surface area (TPSA) is 49.8 Å². The van der Waals surface area contributed by atoms with Crippen molar-refractivity contribution in [3.63, 3.8) is 0 Å². The van der Waals surface area contributed by atoms with Crippen LogP contribution in [0.2, 0.25) is 0 Å². The summed E-state index contributed by atoms with van der Waals surface area (Å²) in [5.74, 6) is 0.226. The molecule has 1 aromatic rings. The highest BCUT2D eigenvalue weighted by molar-refractivity contribution is 5.69. The van der Waals surface area contributed by atoms with E-state index in [0.29, 0.717) is 13.0 Å². The Labute approximate surface area is 88.1 Å². The summed E-state index contributed by atoms with van der Waals surface area (Å²) in [5.41, 5.74) is 0.775. The molecule has 4 heteroatoms. The fraction of sp³-hybridized carbons (Fsp3) is 0.364. The van der Waals surface area contributed by atoms with Gasteiger partial charge >= 0.3 is 6.09 Å². The Balaban J connectivity index is 2.30. The summed E-state index contributed by atoms with van der Waals surface area (Å²) < 4.78 is 4.89. The first-order valence-electron chi connectivity index (χ1n) is 4.87. The van der Waals surface area contributed by atoms with E-state index in [1.165, 1.54) is 4.90 Å². The highest BCUT2D eigenvalue weighted by Crippen LogP contribution is 2.32. The number of carbonyl (C=O) groups excluding carboxylic acids is 1. The van der Waals surface area contributed by atoms with Gasteiger partial charge in [0.25, 0.3) is 0 Å². The Morgan fingerprint density at radius 2 is 2.20 bits per heavy atom. The number of amides is 1. The summed E-state index contributed by atoms with van der Waals surface area (Å²) >= 11 is 0. The van der Waals surface area contributed by atoms with Crippen LogP contribution in [0.4, 0.5) is 4.79 Å². The molecule has 0 saturated carbocycles. The van der Waals surface area contributed by atoms with Crippen molar-refractivity contribution in [1.29, 1.82) is 0 Å². The van der Waals surface area contributed by atoms with E-state index in [-0.39, 0.29) is 17.9 Å². The second-order valence-corrected chi connectivity index (χ2v) is 3.59. The number of hydrogen-bond acceptors (Lipinski definition) is 3. The maximum atomic E-state index is 11.3. The number of cyclic esters (lactones) is 1. The maximum absolute atomic E-state index is 11.3. The molecule has 2 rings (SSSR count). The minimum atomic E-state index is -0.338. The van der Waals surface area contributed by atoms with Gasteiger partial charge in [-0.15, -0.1) is 0 Å². The van der Waals surface area contributed by atoms with Crippen LogP contribution in [-0.2, 0) is 4.74 Å². The predicted octanol–water partition coefficient (Wildman–Crippen LogP) is 1.91. The number of hydrogen-bond donors (Lipinski definition) is 1. The normalized spacial score (nSPS) is 21.3. The van der Waals surface area contributed by atoms with Crippen molar-refractivity contribution >= 4 is 6.09 Å². The smallest absolute Gasteiger partial charge is 0.410 e. The quantitative estimate of drug-likeness (QED) is 0.765. The lowest BCUT2D eigenvalue weighted by Gasteiger charge is -2.32. The van der Waals surface area contributed by atoms with Gasteiger partial charge in [-0.05, 0) is 6.07 Å². The van der Waals surface area contributed by atoms with Crippen LogP contribution in [0.15, 0.2) is 24.3 Å². The van der Waals surface area contributed by atoms with Crippen LogP contribution in [0.3, 0.4) is 0 Å². The van der Waals surface area contributed by atoms with E-state index in [1.807, 2.05) is 12.1 Å². The average molecular weight is 207 g/mol. The standard InChI is InChI=1S/C11H13NO3/c1-12-9(6-7-15-11(12)14)8-4-2-3-5-10(8)13/h2-5,9,13H,6-7H2,1H3. The SMILES string of the molecule is CN1C(=O)OCCC1c1ccccc1O. The average Bonchev–Trinajstić information content (AvgIpc) is 2.23. The molecule has 4 nitrogen and oxygen atoms in total. The first-order chi connectivity index (χ1) is 7.20. The molecule has 1 aliphatic rings. The first-order valence-corrected chi connectivity index (χ1v) is 4.87. The van der Waals surface area contributed by atoms with E-state index >= 15 is 0 Å². The molecule has 1 fully saturated rings. The molecule has 1 unspecified atom stereocenters. The Kier molecular flexibility index (Phi) is 2.49. The molecule has 0 aromatic heterocycles. The molecule has 0 aliphatic carbocycles. The van der Waals surface area contributed by atoms with E-state index in [2.05, 4.69) is 0 Å². The molecule has 1 amide bonds. The molecule has 0 spiro atoms. The van der Waals surface area contributed by atoms with Gasteiger partial charge in [-0.2, -0.15) is 0 Å². The fourth-order valence-corrected chi connectivity index (χ4v) is 1.81. The highest BCUT2D eigenvalue weighted by Gasteiger charge is 2.28. The fourth-order valence-electron chi connectivity index (χ4n) is 1.81. The molecule has 1 N–H and O–H groups in total. The molecule has 1 atom stereocenters. The molecule has 80 valence electrons. The van der Waals surface area contributed by atoms with Gasteiger partial charge in [0.05, 0.1) is 12.6 Å². The summed E-state index contributed by atoms with van der Waals surface area (Å²) in [6.45, 7) is 0.405. The van der Waals surface area contributed by atoms with Crippen molar-refractivity contribution in [1.82, 2.24) is 4.90 Å². The Hall–Kier alpha value is -1.71. The molecule has 1 aromatic carbocycles. The second-order valence-electron chi connectivity index (χ2n) is 3.59. The monoisotopic (exact) mass is 207 g/mol. The largest absolute Gasteiger partial charge is 0.508 e. The van der Waals surface area contributed by atoms with Crippen molar-refractivity contribution in [2.45, 2.75) is 12.5 Å². The van der Waals surface area contributed by atoms with Crippen molar-refractivity contribution in [2.75, 3.05) is 13.7 Å². The zero-order chi connectivity index (χ0) is 10.8. The summed E-state index contributed by atoms with van der Waals surface area (Å²) in [7, 11) is 1.68. The molecule has 1 saturated heterocycles. The molecule has 1 aliphatic heterocycles. The van der Waals surface area contributed by atoms with Gasteiger partial charge in [-0.1, -0.05) is 18.2 Å². The molecular weight excluding hydrogens is 194 g/mol. The van der Waals surface area contributed by atoms with Gasteiger partial charge in [0, 0.05) is 19.0 Å². The van der Waals surface area contributed by atoms with Crippen LogP contribution in [0.1, 0.15) is 18.0 Å². The van der Waals surface area contributed by atoms with E-state index in [1.54, 1.807) is 19.2 Å². The van der Waals surface area contributed by atoms with Crippen LogP contribution in [-0.4, -0.2) is 29.8 Å². The number of carbonyl (C=O) groups is 1. The van der Waals surface area contributed by atoms with E-state index in [4.69, 9.17) is 4.74 Å². The van der Waals surface area contributed by atoms with Crippen molar-refractivity contribution < 1.29 is 14.6 Å². The third-order valence-corrected chi connectivity index (χ3v) is 2.67. The van der Waals surface area contributed by atoms with Crippen LogP contribution < -0.4 is 0 Å². The number of phenolic OH excluding ortho intramolecular Hbond substituents is 1. The molecule has 1 heterocycles. The lowest BCUT2D eigenvalue weighted by Crippen LogP contribution is -2.37. The summed E-state index contributed by atoms with van der Waals surface area (Å²) in [6.07, 6.45) is 0.370. The zero-order valence-electron chi connectivity index (χ0n) is 8.51. The second kappa shape index (κ2) is 3.81. The maximum Gasteiger partial charge on any atom is 0.410 e. The van der Waals surface area contributed by atoms with Crippen molar-refractivity contribution in [3.8, 4) is 5.75 Å². The Morgan fingerprint density at radius 1 is 1.47 bits per heavy atom. The number of ether oxygens (including phenoxy) is 1. The number of phenols is 1. The third-order valence-electron chi connectivity index (χ3n) is 2.67. The number of nitrogens with zero attached hydrogens (tertiary/aromatic N) is 1. The van der Waals surface area contributed by atoms with Crippen LogP contribution >= 0.6 is 0 Å². The van der Waals surface area contributed by atoms with Gasteiger partial charge in [0.1, 0.15) is 5.75 Å². The lowest BCUT2D eigenvalue weighted by molar-refractivity contribution is 0.0553. The van der Waals surface area contributed by atoms with Crippen LogP contribution in [0.5, 0.6) is 5.75 Å². The number of aromatic hydroxyl groups is 1. The van der Waals surface area contributed by atoms with Gasteiger partial charge in [0.15, 0.2) is 0 Å². The van der Waals surface area contributed by atoms with Gasteiger partial charge in [-0.3, -0.25) is 0 Å². The molecule has 15 heavy (non-hydrogen) atoms. The third kappa shape index (κ3) is 1.75. The Morgan fingerprint density at radius 3 is 2.93 bits per heavy atom. The number of para-hydroxylation sites is 1. The van der Waals surface area contributed by atoms with E-state index in [9.17, 15) is 9.90 Å².